The van der Waals surface area contributed by atoms with E-state index in [0.29, 0.717) is 5.41 Å². The minimum absolute atomic E-state index is 0.650. The smallest absolute Gasteiger partial charge is 0.00723 e. The highest BCUT2D eigenvalue weighted by Gasteiger charge is 2.33. The Labute approximate surface area is 109 Å². The summed E-state index contributed by atoms with van der Waals surface area (Å²) in [5, 5.41) is 3.62. The van der Waals surface area contributed by atoms with Gasteiger partial charge in [0.15, 0.2) is 0 Å². The molecular weight excluding hydrogens is 206 g/mol. The van der Waals surface area contributed by atoms with Gasteiger partial charge in [-0.25, -0.2) is 0 Å². The molecule has 0 aliphatic heterocycles. The third kappa shape index (κ3) is 5.90. The molecule has 1 aliphatic carbocycles. The first-order valence-electron chi connectivity index (χ1n) is 7.93. The van der Waals surface area contributed by atoms with Crippen molar-refractivity contribution in [1.82, 2.24) is 5.32 Å². The largest absolute Gasteiger partial charge is 0.314 e. The van der Waals surface area contributed by atoms with Crippen LogP contribution in [0.25, 0.3) is 0 Å². The molecule has 1 N–H and O–H groups in total. The molecule has 0 amide bonds. The van der Waals surface area contributed by atoms with E-state index in [0.717, 1.165) is 12.6 Å². The molecule has 17 heavy (non-hydrogen) atoms. The minimum atomic E-state index is 0.650. The first-order chi connectivity index (χ1) is 8.20. The highest BCUT2D eigenvalue weighted by Crippen LogP contribution is 2.41. The van der Waals surface area contributed by atoms with Crippen molar-refractivity contribution in [1.29, 1.82) is 0 Å². The molecule has 0 radical (unpaired) electrons. The summed E-state index contributed by atoms with van der Waals surface area (Å²) < 4.78 is 0. The van der Waals surface area contributed by atoms with Gasteiger partial charge in [0.1, 0.15) is 0 Å². The van der Waals surface area contributed by atoms with Gasteiger partial charge in [0.25, 0.3) is 0 Å². The van der Waals surface area contributed by atoms with Gasteiger partial charge in [0.2, 0.25) is 0 Å². The first kappa shape index (κ1) is 15.0. The Balaban J connectivity index is 2.06. The number of hydrogen-bond donors (Lipinski definition) is 1. The van der Waals surface area contributed by atoms with Crippen LogP contribution >= 0.6 is 0 Å². The number of hydrogen-bond acceptors (Lipinski definition) is 1. The van der Waals surface area contributed by atoms with Gasteiger partial charge in [0.05, 0.1) is 0 Å². The number of rotatable bonds is 9. The quantitative estimate of drug-likeness (QED) is 0.564. The van der Waals surface area contributed by atoms with Crippen LogP contribution in [0.1, 0.15) is 85.0 Å². The normalized spacial score (nSPS) is 28.8. The molecule has 1 fully saturated rings. The second-order valence-corrected chi connectivity index (χ2v) is 6.33. The van der Waals surface area contributed by atoms with Gasteiger partial charge < -0.3 is 5.32 Å². The molecule has 2 atom stereocenters. The molecular formula is C16H33N. The average Bonchev–Trinajstić information content (AvgIpc) is 2.66. The van der Waals surface area contributed by atoms with E-state index < -0.39 is 0 Å². The summed E-state index contributed by atoms with van der Waals surface area (Å²) in [7, 11) is 0. The summed E-state index contributed by atoms with van der Waals surface area (Å²) in [5.74, 6) is 0. The predicted molar refractivity (Wildman–Crippen MR) is 77.4 cm³/mol. The van der Waals surface area contributed by atoms with Crippen molar-refractivity contribution in [3.63, 3.8) is 0 Å². The lowest BCUT2D eigenvalue weighted by atomic mass is 9.83. The van der Waals surface area contributed by atoms with Crippen LogP contribution in [0, 0.1) is 5.41 Å². The standard InChI is InChI=1S/C16H33N/c1-4-6-7-8-9-10-12-16(3)13-11-15(14-16)17-5-2/h15,17H,4-14H2,1-3H3. The lowest BCUT2D eigenvalue weighted by molar-refractivity contribution is 0.285. The Bertz CT molecular complexity index is 190. The summed E-state index contributed by atoms with van der Waals surface area (Å²) in [5.41, 5.74) is 0.650. The van der Waals surface area contributed by atoms with Crippen molar-refractivity contribution in [2.45, 2.75) is 91.0 Å². The zero-order valence-electron chi connectivity index (χ0n) is 12.4. The minimum Gasteiger partial charge on any atom is -0.314 e. The van der Waals surface area contributed by atoms with Crippen molar-refractivity contribution >= 4 is 0 Å². The van der Waals surface area contributed by atoms with Crippen LogP contribution in [0.15, 0.2) is 0 Å². The molecule has 0 saturated heterocycles. The third-order valence-electron chi connectivity index (χ3n) is 4.46. The Morgan fingerprint density at radius 2 is 1.76 bits per heavy atom. The molecule has 1 aliphatic rings. The summed E-state index contributed by atoms with van der Waals surface area (Å²) >= 11 is 0. The van der Waals surface area contributed by atoms with Gasteiger partial charge >= 0.3 is 0 Å². The second kappa shape index (κ2) is 8.13. The Morgan fingerprint density at radius 3 is 2.47 bits per heavy atom. The molecule has 2 unspecified atom stereocenters. The number of nitrogens with one attached hydrogen (secondary N) is 1. The molecule has 1 saturated carbocycles. The van der Waals surface area contributed by atoms with Crippen molar-refractivity contribution in [3.8, 4) is 0 Å². The monoisotopic (exact) mass is 239 g/mol. The van der Waals surface area contributed by atoms with E-state index in [2.05, 4.69) is 26.1 Å². The lowest BCUT2D eigenvalue weighted by Crippen LogP contribution is -2.27. The zero-order valence-corrected chi connectivity index (χ0v) is 12.4. The molecule has 1 nitrogen and oxygen atoms in total. The van der Waals surface area contributed by atoms with Crippen LogP contribution in [0.4, 0.5) is 0 Å². The summed E-state index contributed by atoms with van der Waals surface area (Å²) in [6.45, 7) is 8.16. The van der Waals surface area contributed by atoms with Crippen molar-refractivity contribution in [2.75, 3.05) is 6.54 Å². The Kier molecular flexibility index (Phi) is 7.18. The zero-order chi connectivity index (χ0) is 12.6. The maximum absolute atomic E-state index is 3.62. The fourth-order valence-corrected chi connectivity index (χ4v) is 3.34. The maximum atomic E-state index is 3.62. The van der Waals surface area contributed by atoms with Crippen LogP contribution in [-0.2, 0) is 0 Å². The molecule has 0 aromatic carbocycles. The topological polar surface area (TPSA) is 12.0 Å². The fraction of sp³-hybridized carbons (Fsp3) is 1.00. The highest BCUT2D eigenvalue weighted by molar-refractivity contribution is 4.89. The third-order valence-corrected chi connectivity index (χ3v) is 4.46. The fourth-order valence-electron chi connectivity index (χ4n) is 3.34. The van der Waals surface area contributed by atoms with Gasteiger partial charge in [-0.3, -0.25) is 0 Å². The number of unbranched alkanes of at least 4 members (excludes halogenated alkanes) is 5. The molecule has 0 heterocycles. The summed E-state index contributed by atoms with van der Waals surface area (Å²) in [4.78, 5) is 0. The van der Waals surface area contributed by atoms with Crippen molar-refractivity contribution < 1.29 is 0 Å². The molecule has 1 heteroatoms. The maximum Gasteiger partial charge on any atom is 0.00723 e. The Hall–Kier alpha value is -0.0400. The van der Waals surface area contributed by atoms with Crippen molar-refractivity contribution in [3.05, 3.63) is 0 Å². The van der Waals surface area contributed by atoms with E-state index in [4.69, 9.17) is 0 Å². The summed E-state index contributed by atoms with van der Waals surface area (Å²) in [6, 6.07) is 0.810. The second-order valence-electron chi connectivity index (χ2n) is 6.33. The van der Waals surface area contributed by atoms with E-state index >= 15 is 0 Å². The van der Waals surface area contributed by atoms with Crippen LogP contribution in [0.2, 0.25) is 0 Å². The van der Waals surface area contributed by atoms with Crippen LogP contribution in [-0.4, -0.2) is 12.6 Å². The molecule has 0 aromatic rings. The molecule has 0 aromatic heterocycles. The van der Waals surface area contributed by atoms with Gasteiger partial charge in [-0.05, 0) is 37.6 Å². The summed E-state index contributed by atoms with van der Waals surface area (Å²) in [6.07, 6.45) is 14.3. The van der Waals surface area contributed by atoms with Crippen LogP contribution in [0.3, 0.4) is 0 Å². The van der Waals surface area contributed by atoms with E-state index in [1.807, 2.05) is 0 Å². The lowest BCUT2D eigenvalue weighted by Gasteiger charge is -2.24. The van der Waals surface area contributed by atoms with Crippen molar-refractivity contribution in [2.24, 2.45) is 5.41 Å². The predicted octanol–water partition coefficient (Wildman–Crippen LogP) is 4.91. The molecule has 0 spiro atoms. The first-order valence-corrected chi connectivity index (χ1v) is 7.93. The molecule has 0 bridgehead atoms. The highest BCUT2D eigenvalue weighted by atomic mass is 14.9. The van der Waals surface area contributed by atoms with Gasteiger partial charge in [0, 0.05) is 6.04 Å². The van der Waals surface area contributed by atoms with E-state index in [-0.39, 0.29) is 0 Å². The van der Waals surface area contributed by atoms with Crippen LogP contribution in [0.5, 0.6) is 0 Å². The SMILES string of the molecule is CCCCCCCCC1(C)CCC(NCC)C1. The van der Waals surface area contributed by atoms with E-state index in [1.54, 1.807) is 0 Å². The molecule has 1 rings (SSSR count). The van der Waals surface area contributed by atoms with Gasteiger partial charge in [-0.2, -0.15) is 0 Å². The van der Waals surface area contributed by atoms with Crippen LogP contribution < -0.4 is 5.32 Å². The average molecular weight is 239 g/mol. The van der Waals surface area contributed by atoms with Gasteiger partial charge in [-0.15, -0.1) is 0 Å². The van der Waals surface area contributed by atoms with Gasteiger partial charge in [-0.1, -0.05) is 59.3 Å². The Morgan fingerprint density at radius 1 is 1.06 bits per heavy atom. The van der Waals surface area contributed by atoms with E-state index in [9.17, 15) is 0 Å². The van der Waals surface area contributed by atoms with E-state index in [1.165, 1.54) is 64.2 Å². The molecule has 102 valence electrons.